The zero-order chi connectivity index (χ0) is 17.5. The number of hydrogen-bond acceptors (Lipinski definition) is 5. The molecule has 2 rings (SSSR count). The predicted octanol–water partition coefficient (Wildman–Crippen LogP) is 0.785. The Morgan fingerprint density at radius 2 is 1.72 bits per heavy atom. The molecule has 9 heteroatoms. The van der Waals surface area contributed by atoms with Gasteiger partial charge in [0.1, 0.15) is 11.8 Å². The van der Waals surface area contributed by atoms with Crippen LogP contribution in [0.3, 0.4) is 0 Å². The van der Waals surface area contributed by atoms with E-state index in [0.29, 0.717) is 37.0 Å². The third kappa shape index (κ3) is 6.36. The molecule has 7 nitrogen and oxygen atoms in total. The van der Waals surface area contributed by atoms with Crippen molar-refractivity contribution >= 4 is 35.8 Å². The van der Waals surface area contributed by atoms with Crippen molar-refractivity contribution in [3.63, 3.8) is 0 Å². The second kappa shape index (κ2) is 10.5. The lowest BCUT2D eigenvalue weighted by Crippen LogP contribution is -2.55. The summed E-state index contributed by atoms with van der Waals surface area (Å²) in [5.41, 5.74) is 5.75. The monoisotopic (exact) mass is 391 g/mol. The minimum atomic E-state index is -0.662. The number of piperazine rings is 1. The van der Waals surface area contributed by atoms with E-state index in [1.165, 1.54) is 7.11 Å². The lowest BCUT2D eigenvalue weighted by atomic mass is 10.2. The van der Waals surface area contributed by atoms with Crippen LogP contribution < -0.4 is 10.5 Å². The van der Waals surface area contributed by atoms with Crippen LogP contribution in [0.25, 0.3) is 0 Å². The van der Waals surface area contributed by atoms with Crippen LogP contribution in [0.4, 0.5) is 0 Å². The van der Waals surface area contributed by atoms with Crippen LogP contribution in [0, 0.1) is 0 Å². The van der Waals surface area contributed by atoms with Gasteiger partial charge in [0.15, 0.2) is 6.61 Å². The van der Waals surface area contributed by atoms with Crippen molar-refractivity contribution in [2.75, 3.05) is 46.5 Å². The molecule has 1 aliphatic rings. The van der Waals surface area contributed by atoms with Gasteiger partial charge >= 0.3 is 0 Å². The normalized spacial score (nSPS) is 15.3. The van der Waals surface area contributed by atoms with E-state index in [-0.39, 0.29) is 37.4 Å². The number of amides is 2. The number of nitrogens with zero attached hydrogens (tertiary/aromatic N) is 2. The number of carbonyl (C=O) groups is 2. The molecule has 0 bridgehead atoms. The molecule has 140 valence electrons. The van der Waals surface area contributed by atoms with Gasteiger partial charge in [0.25, 0.3) is 5.91 Å². The summed E-state index contributed by atoms with van der Waals surface area (Å²) >= 11 is 5.80. The van der Waals surface area contributed by atoms with Gasteiger partial charge in [-0.25, -0.2) is 0 Å². The third-order valence-electron chi connectivity index (χ3n) is 3.78. The van der Waals surface area contributed by atoms with Gasteiger partial charge < -0.3 is 25.0 Å². The highest BCUT2D eigenvalue weighted by Crippen LogP contribution is 2.15. The van der Waals surface area contributed by atoms with E-state index in [0.717, 1.165) is 0 Å². The molecular formula is C16H23Cl2N3O4. The fourth-order valence-electron chi connectivity index (χ4n) is 2.43. The molecule has 1 saturated heterocycles. The molecule has 1 aromatic carbocycles. The highest BCUT2D eigenvalue weighted by Gasteiger charge is 2.27. The zero-order valence-electron chi connectivity index (χ0n) is 14.0. The zero-order valence-corrected chi connectivity index (χ0v) is 15.6. The van der Waals surface area contributed by atoms with E-state index in [4.69, 9.17) is 26.8 Å². The molecule has 0 aliphatic carbocycles. The van der Waals surface area contributed by atoms with Crippen molar-refractivity contribution in [2.45, 2.75) is 6.04 Å². The molecule has 1 atom stereocenters. The summed E-state index contributed by atoms with van der Waals surface area (Å²) in [6.07, 6.45) is 0. The average Bonchev–Trinajstić information content (AvgIpc) is 2.60. The van der Waals surface area contributed by atoms with E-state index in [2.05, 4.69) is 0 Å². The molecule has 0 saturated carbocycles. The van der Waals surface area contributed by atoms with Crippen molar-refractivity contribution in [1.29, 1.82) is 0 Å². The Morgan fingerprint density at radius 3 is 2.28 bits per heavy atom. The van der Waals surface area contributed by atoms with Gasteiger partial charge in [-0.05, 0) is 24.3 Å². The fraction of sp³-hybridized carbons (Fsp3) is 0.500. The molecule has 2 N–H and O–H groups in total. The second-order valence-electron chi connectivity index (χ2n) is 5.51. The largest absolute Gasteiger partial charge is 0.484 e. The minimum absolute atomic E-state index is 0. The average molecular weight is 392 g/mol. The van der Waals surface area contributed by atoms with Crippen LogP contribution in [0.15, 0.2) is 24.3 Å². The van der Waals surface area contributed by atoms with Gasteiger partial charge in [-0.3, -0.25) is 9.59 Å². The predicted molar refractivity (Wildman–Crippen MR) is 97.2 cm³/mol. The summed E-state index contributed by atoms with van der Waals surface area (Å²) in [6.45, 7) is 2.00. The van der Waals surface area contributed by atoms with E-state index < -0.39 is 6.04 Å². The summed E-state index contributed by atoms with van der Waals surface area (Å²) in [5.74, 6) is 0.326. The molecule has 1 heterocycles. The molecule has 1 aromatic rings. The van der Waals surface area contributed by atoms with Crippen LogP contribution in [0.2, 0.25) is 5.02 Å². The number of carbonyl (C=O) groups excluding carboxylic acids is 2. The fourth-order valence-corrected chi connectivity index (χ4v) is 2.55. The highest BCUT2D eigenvalue weighted by molar-refractivity contribution is 6.30. The van der Waals surface area contributed by atoms with E-state index >= 15 is 0 Å². The first-order valence-corrected chi connectivity index (χ1v) is 8.08. The standard InChI is InChI=1S/C16H22ClN3O4.ClH/c1-23-10-14(18)16(22)20-8-6-19(7-9-20)15(21)11-24-13-4-2-12(17)3-5-13;/h2-5,14H,6-11,18H2,1H3;1H. The summed E-state index contributed by atoms with van der Waals surface area (Å²) < 4.78 is 10.3. The van der Waals surface area contributed by atoms with Gasteiger partial charge in [0.2, 0.25) is 5.91 Å². The number of halogens is 2. The Hall–Kier alpha value is -1.54. The van der Waals surface area contributed by atoms with E-state index in [1.54, 1.807) is 34.1 Å². The Bertz CT molecular complexity index is 563. The smallest absolute Gasteiger partial charge is 0.260 e. The quantitative estimate of drug-likeness (QED) is 0.774. The molecule has 25 heavy (non-hydrogen) atoms. The summed E-state index contributed by atoms with van der Waals surface area (Å²) in [4.78, 5) is 27.6. The van der Waals surface area contributed by atoms with Crippen molar-refractivity contribution in [3.05, 3.63) is 29.3 Å². The van der Waals surface area contributed by atoms with Crippen LogP contribution in [0.1, 0.15) is 0 Å². The summed E-state index contributed by atoms with van der Waals surface area (Å²) in [7, 11) is 1.50. The molecule has 2 amide bonds. The Kier molecular flexibility index (Phi) is 8.99. The molecule has 1 fully saturated rings. The highest BCUT2D eigenvalue weighted by atomic mass is 35.5. The first-order valence-electron chi connectivity index (χ1n) is 7.70. The molecule has 1 aliphatic heterocycles. The number of hydrogen-bond donors (Lipinski definition) is 1. The summed E-state index contributed by atoms with van der Waals surface area (Å²) in [6, 6.07) is 6.17. The van der Waals surface area contributed by atoms with Gasteiger partial charge in [-0.2, -0.15) is 0 Å². The van der Waals surface area contributed by atoms with Gasteiger partial charge in [-0.1, -0.05) is 11.6 Å². The maximum atomic E-state index is 12.2. The first-order chi connectivity index (χ1) is 11.5. The molecule has 0 aromatic heterocycles. The number of methoxy groups -OCH3 is 1. The van der Waals surface area contributed by atoms with Gasteiger partial charge in [0.05, 0.1) is 6.61 Å². The molecule has 0 spiro atoms. The number of nitrogens with two attached hydrogens (primary N) is 1. The lowest BCUT2D eigenvalue weighted by Gasteiger charge is -2.35. The second-order valence-corrected chi connectivity index (χ2v) is 5.95. The molecule has 1 unspecified atom stereocenters. The van der Waals surface area contributed by atoms with Crippen LogP contribution >= 0.6 is 24.0 Å². The maximum absolute atomic E-state index is 12.2. The topological polar surface area (TPSA) is 85.1 Å². The van der Waals surface area contributed by atoms with Crippen LogP contribution in [-0.2, 0) is 14.3 Å². The maximum Gasteiger partial charge on any atom is 0.260 e. The number of ether oxygens (including phenoxy) is 2. The van der Waals surface area contributed by atoms with Gasteiger partial charge in [-0.15, -0.1) is 12.4 Å². The number of rotatable bonds is 6. The molecule has 0 radical (unpaired) electrons. The lowest BCUT2D eigenvalue weighted by molar-refractivity contribution is -0.142. The third-order valence-corrected chi connectivity index (χ3v) is 4.04. The molecular weight excluding hydrogens is 369 g/mol. The minimum Gasteiger partial charge on any atom is -0.484 e. The van der Waals surface area contributed by atoms with Crippen molar-refractivity contribution in [1.82, 2.24) is 9.80 Å². The first kappa shape index (κ1) is 21.5. The Labute approximate surface area is 158 Å². The van der Waals surface area contributed by atoms with Crippen LogP contribution in [-0.4, -0.2) is 74.2 Å². The van der Waals surface area contributed by atoms with E-state index in [9.17, 15) is 9.59 Å². The number of benzene rings is 1. The Morgan fingerprint density at radius 1 is 1.16 bits per heavy atom. The SMILES string of the molecule is COCC(N)C(=O)N1CCN(C(=O)COc2ccc(Cl)cc2)CC1.Cl. The Balaban J connectivity index is 0.00000312. The van der Waals surface area contributed by atoms with Crippen molar-refractivity contribution in [2.24, 2.45) is 5.73 Å². The van der Waals surface area contributed by atoms with Crippen molar-refractivity contribution in [3.8, 4) is 5.75 Å². The van der Waals surface area contributed by atoms with Crippen LogP contribution in [0.5, 0.6) is 5.75 Å². The van der Waals surface area contributed by atoms with E-state index in [1.807, 2.05) is 0 Å². The van der Waals surface area contributed by atoms with Crippen molar-refractivity contribution < 1.29 is 19.1 Å². The summed E-state index contributed by atoms with van der Waals surface area (Å²) in [5, 5.41) is 0.612. The van der Waals surface area contributed by atoms with Gasteiger partial charge in [0, 0.05) is 38.3 Å².